The third-order valence-electron chi connectivity index (χ3n) is 4.69. The van der Waals surface area contributed by atoms with E-state index in [9.17, 15) is 13.2 Å². The molecule has 10 heteroatoms. The zero-order chi connectivity index (χ0) is 24.0. The molecule has 9 nitrogen and oxygen atoms in total. The lowest BCUT2D eigenvalue weighted by atomic mass is 10.2. The van der Waals surface area contributed by atoms with Crippen molar-refractivity contribution in [3.05, 3.63) is 65.0 Å². The molecule has 0 aliphatic rings. The number of benzene rings is 2. The van der Waals surface area contributed by atoms with Crippen molar-refractivity contribution < 1.29 is 27.2 Å². The molecule has 0 atom stereocenters. The molecule has 1 heterocycles. The predicted molar refractivity (Wildman–Crippen MR) is 124 cm³/mol. The van der Waals surface area contributed by atoms with Gasteiger partial charge in [-0.1, -0.05) is 29.4 Å². The molecule has 0 bridgehead atoms. The minimum absolute atomic E-state index is 0.00844. The summed E-state index contributed by atoms with van der Waals surface area (Å²) in [5, 5.41) is 6.53. The van der Waals surface area contributed by atoms with Crippen molar-refractivity contribution in [3.63, 3.8) is 0 Å². The Morgan fingerprint density at radius 3 is 2.61 bits per heavy atom. The summed E-state index contributed by atoms with van der Waals surface area (Å²) in [6.07, 6.45) is 3.26. The highest BCUT2D eigenvalue weighted by Gasteiger charge is 2.20. The van der Waals surface area contributed by atoms with Gasteiger partial charge in [-0.25, -0.2) is 13.1 Å². The minimum Gasteiger partial charge on any atom is -0.497 e. The molecule has 3 aromatic rings. The quantitative estimate of drug-likeness (QED) is 0.489. The Balaban J connectivity index is 1.86. The van der Waals surface area contributed by atoms with Crippen molar-refractivity contribution in [1.29, 1.82) is 0 Å². The Labute approximate surface area is 192 Å². The van der Waals surface area contributed by atoms with Crippen molar-refractivity contribution in [2.75, 3.05) is 19.5 Å². The normalized spacial score (nSPS) is 11.5. The van der Waals surface area contributed by atoms with Crippen LogP contribution in [0, 0.1) is 6.92 Å². The fourth-order valence-electron chi connectivity index (χ4n) is 3.05. The summed E-state index contributed by atoms with van der Waals surface area (Å²) in [6, 6.07) is 11.9. The maximum Gasteiger partial charge on any atom is 0.244 e. The van der Waals surface area contributed by atoms with Gasteiger partial charge in [0.1, 0.15) is 27.8 Å². The van der Waals surface area contributed by atoms with Crippen LogP contribution in [0.15, 0.2) is 51.9 Å². The molecule has 1 amide bonds. The minimum atomic E-state index is -3.89. The van der Waals surface area contributed by atoms with Crippen molar-refractivity contribution in [1.82, 2.24) is 9.88 Å². The van der Waals surface area contributed by atoms with Crippen LogP contribution in [-0.4, -0.2) is 33.7 Å². The Kier molecular flexibility index (Phi) is 7.52. The van der Waals surface area contributed by atoms with Crippen LogP contribution in [-0.2, 0) is 21.4 Å². The summed E-state index contributed by atoms with van der Waals surface area (Å²) in [4.78, 5) is 11.4. The smallest absolute Gasteiger partial charge is 0.244 e. The van der Waals surface area contributed by atoms with Crippen LogP contribution < -0.4 is 19.5 Å². The van der Waals surface area contributed by atoms with E-state index in [0.29, 0.717) is 28.5 Å². The summed E-state index contributed by atoms with van der Waals surface area (Å²) in [6.45, 7) is 3.18. The van der Waals surface area contributed by atoms with Crippen LogP contribution in [0.25, 0.3) is 12.2 Å². The molecule has 3 rings (SSSR count). The number of carbonyl (C=O) groups excluding carboxylic acids is 1. The molecular weight excluding hydrogens is 446 g/mol. The second kappa shape index (κ2) is 10.3. The van der Waals surface area contributed by atoms with Crippen molar-refractivity contribution in [2.45, 2.75) is 25.3 Å². The number of rotatable bonds is 9. The molecule has 1 aromatic heterocycles. The average molecular weight is 472 g/mol. The number of methoxy groups -OCH3 is 2. The lowest BCUT2D eigenvalue weighted by Crippen LogP contribution is -2.23. The van der Waals surface area contributed by atoms with Crippen LogP contribution in [0.1, 0.15) is 29.5 Å². The van der Waals surface area contributed by atoms with Gasteiger partial charge in [0.2, 0.25) is 15.9 Å². The number of aryl methyl sites for hydroxylation is 1. The topological polar surface area (TPSA) is 120 Å². The molecule has 174 valence electrons. The number of amides is 1. The first-order valence-electron chi connectivity index (χ1n) is 9.96. The highest BCUT2D eigenvalue weighted by molar-refractivity contribution is 7.89. The SMILES string of the molecule is COc1cccc(CNS(=O)(=O)c2cc(/C=C\c3onc(C)c3NC(C)=O)ccc2OC)c1. The first-order chi connectivity index (χ1) is 15.7. The molecule has 2 aromatic carbocycles. The standard InChI is InChI=1S/C23H25N3O6S/c1-15-23(25-16(2)27)21(32-26-15)11-9-17-8-10-20(31-4)22(13-17)33(28,29)24-14-18-6-5-7-19(12-18)30-3/h5-13,24H,14H2,1-4H3,(H,25,27)/b11-9-. The zero-order valence-electron chi connectivity index (χ0n) is 18.7. The number of sulfonamides is 1. The van der Waals surface area contributed by atoms with Crippen LogP contribution in [0.3, 0.4) is 0 Å². The first-order valence-corrected chi connectivity index (χ1v) is 11.4. The maximum absolute atomic E-state index is 13.0. The van der Waals surface area contributed by atoms with Crippen molar-refractivity contribution >= 4 is 33.8 Å². The fraction of sp³-hybridized carbons (Fsp3) is 0.217. The number of anilines is 1. The van der Waals surface area contributed by atoms with Crippen LogP contribution in [0.2, 0.25) is 0 Å². The second-order valence-corrected chi connectivity index (χ2v) is 8.84. The molecule has 0 radical (unpaired) electrons. The molecule has 0 aliphatic heterocycles. The summed E-state index contributed by atoms with van der Waals surface area (Å²) >= 11 is 0. The van der Waals surface area contributed by atoms with Gasteiger partial charge in [-0.2, -0.15) is 0 Å². The van der Waals surface area contributed by atoms with E-state index in [0.717, 1.165) is 5.56 Å². The largest absolute Gasteiger partial charge is 0.497 e. The summed E-state index contributed by atoms with van der Waals surface area (Å²) in [5.41, 5.74) is 2.32. The van der Waals surface area contributed by atoms with E-state index < -0.39 is 10.0 Å². The van der Waals surface area contributed by atoms with Crippen LogP contribution in [0.4, 0.5) is 5.69 Å². The molecule has 0 unspecified atom stereocenters. The van der Waals surface area contributed by atoms with E-state index in [-0.39, 0.29) is 23.1 Å². The monoisotopic (exact) mass is 471 g/mol. The van der Waals surface area contributed by atoms with Crippen molar-refractivity contribution in [2.24, 2.45) is 0 Å². The van der Waals surface area contributed by atoms with E-state index >= 15 is 0 Å². The van der Waals surface area contributed by atoms with Gasteiger partial charge in [-0.05, 0) is 48.4 Å². The number of hydrogen-bond donors (Lipinski definition) is 2. The third-order valence-corrected chi connectivity index (χ3v) is 6.12. The molecule has 0 aliphatic carbocycles. The van der Waals surface area contributed by atoms with Gasteiger partial charge in [0.15, 0.2) is 5.76 Å². The second-order valence-electron chi connectivity index (χ2n) is 7.11. The van der Waals surface area contributed by atoms with E-state index in [4.69, 9.17) is 14.0 Å². The highest BCUT2D eigenvalue weighted by atomic mass is 32.2. The molecule has 2 N–H and O–H groups in total. The number of aromatic nitrogens is 1. The van der Waals surface area contributed by atoms with Crippen molar-refractivity contribution in [3.8, 4) is 11.5 Å². The lowest BCUT2D eigenvalue weighted by molar-refractivity contribution is -0.114. The van der Waals surface area contributed by atoms with Crippen LogP contribution >= 0.6 is 0 Å². The highest BCUT2D eigenvalue weighted by Crippen LogP contribution is 2.27. The zero-order valence-corrected chi connectivity index (χ0v) is 19.5. The number of ether oxygens (including phenoxy) is 2. The van der Waals surface area contributed by atoms with Gasteiger partial charge in [0.05, 0.1) is 14.2 Å². The number of carbonyl (C=O) groups is 1. The molecule has 0 fully saturated rings. The Bertz CT molecular complexity index is 1280. The summed E-state index contributed by atoms with van der Waals surface area (Å²) in [5.74, 6) is 0.937. The predicted octanol–water partition coefficient (Wildman–Crippen LogP) is 3.61. The van der Waals surface area contributed by atoms with E-state index in [1.54, 1.807) is 62.6 Å². The van der Waals surface area contributed by atoms with E-state index in [1.807, 2.05) is 0 Å². The first kappa shape index (κ1) is 24.0. The fourth-order valence-corrected chi connectivity index (χ4v) is 4.27. The van der Waals surface area contributed by atoms with Crippen LogP contribution in [0.5, 0.6) is 11.5 Å². The maximum atomic E-state index is 13.0. The van der Waals surface area contributed by atoms with E-state index in [1.165, 1.54) is 20.1 Å². The Hall–Kier alpha value is -3.63. The van der Waals surface area contributed by atoms with Gasteiger partial charge in [0, 0.05) is 13.5 Å². The number of hydrogen-bond acceptors (Lipinski definition) is 7. The molecule has 33 heavy (non-hydrogen) atoms. The van der Waals surface area contributed by atoms with Gasteiger partial charge < -0.3 is 19.3 Å². The Morgan fingerprint density at radius 2 is 1.91 bits per heavy atom. The third kappa shape index (κ3) is 5.99. The lowest BCUT2D eigenvalue weighted by Gasteiger charge is -2.12. The molecule has 0 saturated heterocycles. The number of nitrogens with one attached hydrogen (secondary N) is 2. The Morgan fingerprint density at radius 1 is 1.12 bits per heavy atom. The average Bonchev–Trinajstić information content (AvgIpc) is 3.15. The summed E-state index contributed by atoms with van der Waals surface area (Å²) < 4.78 is 44.3. The van der Waals surface area contributed by atoms with Gasteiger partial charge >= 0.3 is 0 Å². The summed E-state index contributed by atoms with van der Waals surface area (Å²) in [7, 11) is -0.935. The molecule has 0 saturated carbocycles. The van der Waals surface area contributed by atoms with Gasteiger partial charge in [-0.3, -0.25) is 4.79 Å². The molecular formula is C23H25N3O6S. The van der Waals surface area contributed by atoms with Gasteiger partial charge in [-0.15, -0.1) is 0 Å². The van der Waals surface area contributed by atoms with E-state index in [2.05, 4.69) is 15.2 Å². The molecule has 0 spiro atoms. The van der Waals surface area contributed by atoms with Gasteiger partial charge in [0.25, 0.3) is 0 Å². The number of nitrogens with zero attached hydrogens (tertiary/aromatic N) is 1.